The van der Waals surface area contributed by atoms with Gasteiger partial charge in [0.25, 0.3) is 0 Å². The molecule has 1 unspecified atom stereocenters. The zero-order valence-electron chi connectivity index (χ0n) is 11.6. The summed E-state index contributed by atoms with van der Waals surface area (Å²) in [5.74, 6) is 5.41. The van der Waals surface area contributed by atoms with Gasteiger partial charge in [-0.1, -0.05) is 6.07 Å². The van der Waals surface area contributed by atoms with Crippen LogP contribution in [0.15, 0.2) is 30.6 Å². The number of rotatable bonds is 6. The molecule has 0 amide bonds. The molecule has 0 aliphatic carbocycles. The SMILES string of the molecule is CCn1cc(CC(NN)c2ccc(OC)c(F)c2)cn1. The predicted molar refractivity (Wildman–Crippen MR) is 74.6 cm³/mol. The lowest BCUT2D eigenvalue weighted by Gasteiger charge is -2.16. The second kappa shape index (κ2) is 6.49. The van der Waals surface area contributed by atoms with Crippen molar-refractivity contribution < 1.29 is 9.13 Å². The molecule has 1 aromatic carbocycles. The van der Waals surface area contributed by atoms with Crippen LogP contribution in [-0.2, 0) is 13.0 Å². The third-order valence-corrected chi connectivity index (χ3v) is 3.23. The number of nitrogens with zero attached hydrogens (tertiary/aromatic N) is 2. The van der Waals surface area contributed by atoms with E-state index in [1.807, 2.05) is 17.8 Å². The molecule has 0 radical (unpaired) electrons. The molecule has 2 rings (SSSR count). The Hall–Kier alpha value is -1.92. The van der Waals surface area contributed by atoms with Gasteiger partial charge in [-0.25, -0.2) is 4.39 Å². The topological polar surface area (TPSA) is 65.1 Å². The molecule has 0 saturated heterocycles. The quantitative estimate of drug-likeness (QED) is 0.624. The summed E-state index contributed by atoms with van der Waals surface area (Å²) in [6, 6.07) is 4.67. The lowest BCUT2D eigenvalue weighted by molar-refractivity contribution is 0.385. The van der Waals surface area contributed by atoms with Gasteiger partial charge in [0.2, 0.25) is 0 Å². The van der Waals surface area contributed by atoms with E-state index in [9.17, 15) is 4.39 Å². The lowest BCUT2D eigenvalue weighted by Crippen LogP contribution is -2.29. The van der Waals surface area contributed by atoms with E-state index in [0.717, 1.165) is 17.7 Å². The van der Waals surface area contributed by atoms with Gasteiger partial charge in [-0.2, -0.15) is 5.10 Å². The van der Waals surface area contributed by atoms with E-state index in [-0.39, 0.29) is 11.8 Å². The van der Waals surface area contributed by atoms with E-state index in [2.05, 4.69) is 10.5 Å². The van der Waals surface area contributed by atoms with Crippen LogP contribution >= 0.6 is 0 Å². The average Bonchev–Trinajstić information content (AvgIpc) is 2.92. The Bertz CT molecular complexity index is 570. The molecule has 1 atom stereocenters. The first-order valence-corrected chi connectivity index (χ1v) is 6.48. The first-order valence-electron chi connectivity index (χ1n) is 6.48. The van der Waals surface area contributed by atoms with Crippen molar-refractivity contribution in [3.8, 4) is 5.75 Å². The number of benzene rings is 1. The number of methoxy groups -OCH3 is 1. The molecule has 3 N–H and O–H groups in total. The number of halogens is 1. The minimum atomic E-state index is -0.394. The van der Waals surface area contributed by atoms with Crippen LogP contribution in [0.5, 0.6) is 5.75 Å². The standard InChI is InChI=1S/C14H19FN4O/c1-3-19-9-10(8-17-19)6-13(18-16)11-4-5-14(20-2)12(15)7-11/h4-5,7-9,13,18H,3,6,16H2,1-2H3. The van der Waals surface area contributed by atoms with Crippen molar-refractivity contribution in [1.29, 1.82) is 0 Å². The van der Waals surface area contributed by atoms with Crippen LogP contribution in [-0.4, -0.2) is 16.9 Å². The van der Waals surface area contributed by atoms with Gasteiger partial charge in [-0.15, -0.1) is 0 Å². The lowest BCUT2D eigenvalue weighted by atomic mass is 10.0. The Morgan fingerprint density at radius 1 is 1.50 bits per heavy atom. The Labute approximate surface area is 117 Å². The Morgan fingerprint density at radius 2 is 2.30 bits per heavy atom. The second-order valence-corrected chi connectivity index (χ2v) is 4.52. The molecule has 0 saturated carbocycles. The molecule has 20 heavy (non-hydrogen) atoms. The molecule has 0 aliphatic heterocycles. The normalized spacial score (nSPS) is 12.4. The maximum Gasteiger partial charge on any atom is 0.165 e. The number of hydrazine groups is 1. The van der Waals surface area contributed by atoms with E-state index in [4.69, 9.17) is 10.6 Å². The van der Waals surface area contributed by atoms with Gasteiger partial charge in [0.05, 0.1) is 19.3 Å². The molecular formula is C14H19FN4O. The van der Waals surface area contributed by atoms with E-state index in [1.54, 1.807) is 18.3 Å². The van der Waals surface area contributed by atoms with Crippen LogP contribution < -0.4 is 16.0 Å². The molecule has 0 bridgehead atoms. The first kappa shape index (κ1) is 14.5. The molecule has 0 aliphatic rings. The van der Waals surface area contributed by atoms with Gasteiger partial charge in [0, 0.05) is 12.7 Å². The summed E-state index contributed by atoms with van der Waals surface area (Å²) in [4.78, 5) is 0. The van der Waals surface area contributed by atoms with E-state index in [1.165, 1.54) is 13.2 Å². The summed E-state index contributed by atoms with van der Waals surface area (Å²) < 4.78 is 20.5. The molecule has 1 aromatic heterocycles. The Morgan fingerprint density at radius 3 is 2.85 bits per heavy atom. The smallest absolute Gasteiger partial charge is 0.165 e. The number of aromatic nitrogens is 2. The zero-order chi connectivity index (χ0) is 14.5. The zero-order valence-corrected chi connectivity index (χ0v) is 11.6. The maximum atomic E-state index is 13.7. The monoisotopic (exact) mass is 278 g/mol. The van der Waals surface area contributed by atoms with E-state index >= 15 is 0 Å². The number of aryl methyl sites for hydroxylation is 1. The van der Waals surface area contributed by atoms with Crippen molar-refractivity contribution in [2.75, 3.05) is 7.11 Å². The minimum absolute atomic E-state index is 0.176. The molecular weight excluding hydrogens is 259 g/mol. The summed E-state index contributed by atoms with van der Waals surface area (Å²) >= 11 is 0. The Balaban J connectivity index is 2.17. The number of ether oxygens (including phenoxy) is 1. The van der Waals surface area contributed by atoms with Gasteiger partial charge in [-0.3, -0.25) is 16.0 Å². The molecule has 1 heterocycles. The van der Waals surface area contributed by atoms with Gasteiger partial charge in [0.1, 0.15) is 0 Å². The summed E-state index contributed by atoms with van der Waals surface area (Å²) in [5.41, 5.74) is 4.53. The number of hydrogen-bond acceptors (Lipinski definition) is 4. The van der Waals surface area contributed by atoms with Crippen molar-refractivity contribution in [3.63, 3.8) is 0 Å². The minimum Gasteiger partial charge on any atom is -0.494 e. The molecule has 0 spiro atoms. The van der Waals surface area contributed by atoms with Gasteiger partial charge in [0.15, 0.2) is 11.6 Å². The van der Waals surface area contributed by atoms with Gasteiger partial charge in [-0.05, 0) is 36.6 Å². The van der Waals surface area contributed by atoms with E-state index < -0.39 is 5.82 Å². The van der Waals surface area contributed by atoms with Gasteiger partial charge < -0.3 is 4.74 Å². The fraction of sp³-hybridized carbons (Fsp3) is 0.357. The highest BCUT2D eigenvalue weighted by molar-refractivity contribution is 5.31. The second-order valence-electron chi connectivity index (χ2n) is 4.52. The van der Waals surface area contributed by atoms with Crippen LogP contribution in [0.2, 0.25) is 0 Å². The molecule has 5 nitrogen and oxygen atoms in total. The largest absolute Gasteiger partial charge is 0.494 e. The van der Waals surface area contributed by atoms with Crippen molar-refractivity contribution >= 4 is 0 Å². The van der Waals surface area contributed by atoms with Crippen LogP contribution in [0.25, 0.3) is 0 Å². The molecule has 6 heteroatoms. The van der Waals surface area contributed by atoms with Crippen molar-refractivity contribution in [2.24, 2.45) is 5.84 Å². The number of nitrogens with two attached hydrogens (primary N) is 1. The average molecular weight is 278 g/mol. The maximum absolute atomic E-state index is 13.7. The summed E-state index contributed by atoms with van der Waals surface area (Å²) in [6.45, 7) is 2.84. The Kier molecular flexibility index (Phi) is 4.70. The van der Waals surface area contributed by atoms with E-state index in [0.29, 0.717) is 6.42 Å². The molecule has 0 fully saturated rings. The molecule has 2 aromatic rings. The molecule has 108 valence electrons. The third kappa shape index (κ3) is 3.15. The van der Waals surface area contributed by atoms with Crippen molar-refractivity contribution in [2.45, 2.75) is 25.9 Å². The predicted octanol–water partition coefficient (Wildman–Crippen LogP) is 1.80. The van der Waals surface area contributed by atoms with Crippen LogP contribution in [0, 0.1) is 5.82 Å². The summed E-state index contributed by atoms with van der Waals surface area (Å²) in [7, 11) is 1.44. The summed E-state index contributed by atoms with van der Waals surface area (Å²) in [6.07, 6.45) is 4.40. The third-order valence-electron chi connectivity index (χ3n) is 3.23. The number of hydrogen-bond donors (Lipinski definition) is 2. The summed E-state index contributed by atoms with van der Waals surface area (Å²) in [5, 5.41) is 4.21. The highest BCUT2D eigenvalue weighted by Gasteiger charge is 2.14. The van der Waals surface area contributed by atoms with Crippen LogP contribution in [0.3, 0.4) is 0 Å². The number of nitrogens with one attached hydrogen (secondary N) is 1. The van der Waals surface area contributed by atoms with Crippen LogP contribution in [0.1, 0.15) is 24.1 Å². The van der Waals surface area contributed by atoms with Crippen molar-refractivity contribution in [1.82, 2.24) is 15.2 Å². The fourth-order valence-corrected chi connectivity index (χ4v) is 2.09. The highest BCUT2D eigenvalue weighted by Crippen LogP contribution is 2.23. The first-order chi connectivity index (χ1) is 9.67. The van der Waals surface area contributed by atoms with Gasteiger partial charge >= 0.3 is 0 Å². The van der Waals surface area contributed by atoms with Crippen LogP contribution in [0.4, 0.5) is 4.39 Å². The fourth-order valence-electron chi connectivity index (χ4n) is 2.09. The highest BCUT2D eigenvalue weighted by atomic mass is 19.1. The van der Waals surface area contributed by atoms with Crippen molar-refractivity contribution in [3.05, 3.63) is 47.5 Å².